The molecule has 0 aliphatic rings. The molecule has 20 heavy (non-hydrogen) atoms. The summed E-state index contributed by atoms with van der Waals surface area (Å²) in [5.74, 6) is 0.876. The molecule has 0 spiro atoms. The molecule has 2 N–H and O–H groups in total. The summed E-state index contributed by atoms with van der Waals surface area (Å²) >= 11 is 0. The third kappa shape index (κ3) is 3.20. The number of nitrogens with two attached hydrogens (primary N) is 1. The van der Waals surface area contributed by atoms with Crippen LogP contribution < -0.4 is 10.5 Å². The van der Waals surface area contributed by atoms with Gasteiger partial charge in [0, 0.05) is 12.1 Å². The molecule has 1 heterocycles. The molecule has 0 aliphatic carbocycles. The zero-order valence-corrected chi connectivity index (χ0v) is 12.4. The van der Waals surface area contributed by atoms with Gasteiger partial charge in [0.2, 0.25) is 0 Å². The average Bonchev–Trinajstić information content (AvgIpc) is 2.96. The van der Waals surface area contributed by atoms with Crippen LogP contribution in [0.1, 0.15) is 45.3 Å². The number of hydrogen-bond donors (Lipinski definition) is 1. The maximum Gasteiger partial charge on any atom is 0.121 e. The van der Waals surface area contributed by atoms with Gasteiger partial charge in [-0.3, -0.25) is 0 Å². The number of rotatable bonds is 6. The maximum atomic E-state index is 6.13. The molecule has 0 aliphatic heterocycles. The lowest BCUT2D eigenvalue weighted by atomic mass is 10.2. The van der Waals surface area contributed by atoms with E-state index >= 15 is 0 Å². The van der Waals surface area contributed by atoms with Crippen LogP contribution in [0.5, 0.6) is 5.75 Å². The van der Waals surface area contributed by atoms with E-state index in [1.807, 2.05) is 35.0 Å². The van der Waals surface area contributed by atoms with Gasteiger partial charge in [-0.05, 0) is 31.9 Å². The minimum Gasteiger partial charge on any atom is -0.491 e. The van der Waals surface area contributed by atoms with E-state index in [0.717, 1.165) is 30.0 Å². The maximum absolute atomic E-state index is 6.13. The van der Waals surface area contributed by atoms with Gasteiger partial charge in [0.15, 0.2) is 0 Å². The Hall–Kier alpha value is -1.81. The van der Waals surface area contributed by atoms with Crippen molar-refractivity contribution < 1.29 is 4.74 Å². The fourth-order valence-electron chi connectivity index (χ4n) is 2.03. The Morgan fingerprint density at radius 3 is 2.80 bits per heavy atom. The minimum atomic E-state index is -0.00311. The standard InChI is InChI=1S/C16H23N3O/c1-4-12(3)20-14-8-6-7-13(9-14)19-11-18-10-16(19)15(17)5-2/h6-12,15H,4-5,17H2,1-3H3/t12?,15-/m1/s1. The van der Waals surface area contributed by atoms with E-state index in [-0.39, 0.29) is 12.1 Å². The Kier molecular flexibility index (Phi) is 4.79. The largest absolute Gasteiger partial charge is 0.491 e. The van der Waals surface area contributed by atoms with E-state index in [1.165, 1.54) is 0 Å². The average molecular weight is 273 g/mol. The van der Waals surface area contributed by atoms with Crippen molar-refractivity contribution in [3.8, 4) is 11.4 Å². The van der Waals surface area contributed by atoms with Gasteiger partial charge in [0.05, 0.1) is 30.0 Å². The predicted molar refractivity (Wildman–Crippen MR) is 81.2 cm³/mol. The van der Waals surface area contributed by atoms with Crippen molar-refractivity contribution in [2.45, 2.75) is 45.8 Å². The van der Waals surface area contributed by atoms with Gasteiger partial charge in [-0.15, -0.1) is 0 Å². The van der Waals surface area contributed by atoms with Crippen LogP contribution in [0.4, 0.5) is 0 Å². The summed E-state index contributed by atoms with van der Waals surface area (Å²) in [5, 5.41) is 0. The Bertz CT molecular complexity index is 550. The van der Waals surface area contributed by atoms with E-state index in [9.17, 15) is 0 Å². The van der Waals surface area contributed by atoms with Crippen LogP contribution in [-0.4, -0.2) is 15.7 Å². The number of ether oxygens (including phenoxy) is 1. The number of imidazole rings is 1. The summed E-state index contributed by atoms with van der Waals surface area (Å²) in [5.41, 5.74) is 8.18. The van der Waals surface area contributed by atoms with E-state index < -0.39 is 0 Å². The Balaban J connectivity index is 2.29. The van der Waals surface area contributed by atoms with Gasteiger partial charge in [0.1, 0.15) is 5.75 Å². The monoisotopic (exact) mass is 273 g/mol. The lowest BCUT2D eigenvalue weighted by Crippen LogP contribution is -2.13. The fraction of sp³-hybridized carbons (Fsp3) is 0.438. The molecular formula is C16H23N3O. The number of benzene rings is 1. The van der Waals surface area contributed by atoms with Gasteiger partial charge < -0.3 is 15.0 Å². The lowest BCUT2D eigenvalue weighted by Gasteiger charge is -2.16. The Morgan fingerprint density at radius 2 is 2.10 bits per heavy atom. The highest BCUT2D eigenvalue weighted by Gasteiger charge is 2.11. The fourth-order valence-corrected chi connectivity index (χ4v) is 2.03. The van der Waals surface area contributed by atoms with Crippen LogP contribution in [0, 0.1) is 0 Å². The highest BCUT2D eigenvalue weighted by Crippen LogP contribution is 2.22. The second-order valence-electron chi connectivity index (χ2n) is 5.04. The first kappa shape index (κ1) is 14.6. The smallest absolute Gasteiger partial charge is 0.121 e. The van der Waals surface area contributed by atoms with Crippen molar-refractivity contribution in [3.63, 3.8) is 0 Å². The van der Waals surface area contributed by atoms with Crippen molar-refractivity contribution in [1.29, 1.82) is 0 Å². The van der Waals surface area contributed by atoms with Crippen LogP contribution in [0.15, 0.2) is 36.8 Å². The van der Waals surface area contributed by atoms with E-state index in [2.05, 4.69) is 25.8 Å². The van der Waals surface area contributed by atoms with Gasteiger partial charge in [-0.25, -0.2) is 4.98 Å². The predicted octanol–water partition coefficient (Wildman–Crippen LogP) is 3.46. The van der Waals surface area contributed by atoms with Gasteiger partial charge in [0.25, 0.3) is 0 Å². The first-order valence-electron chi connectivity index (χ1n) is 7.20. The van der Waals surface area contributed by atoms with Crippen molar-refractivity contribution in [3.05, 3.63) is 42.5 Å². The van der Waals surface area contributed by atoms with Crippen molar-refractivity contribution in [2.75, 3.05) is 0 Å². The quantitative estimate of drug-likeness (QED) is 0.877. The Morgan fingerprint density at radius 1 is 1.30 bits per heavy atom. The SMILES string of the molecule is CCC(C)Oc1cccc(-n2cncc2[C@H](N)CC)c1. The van der Waals surface area contributed by atoms with Gasteiger partial charge in [-0.1, -0.05) is 19.9 Å². The second kappa shape index (κ2) is 6.57. The molecule has 0 amide bonds. The molecular weight excluding hydrogens is 250 g/mol. The summed E-state index contributed by atoms with van der Waals surface area (Å²) in [6.45, 7) is 6.26. The molecule has 4 heteroatoms. The molecule has 2 aromatic rings. The van der Waals surface area contributed by atoms with Gasteiger partial charge >= 0.3 is 0 Å². The third-order valence-corrected chi connectivity index (χ3v) is 3.49. The van der Waals surface area contributed by atoms with Crippen LogP contribution in [0.3, 0.4) is 0 Å². The molecule has 0 radical (unpaired) electrons. The molecule has 1 unspecified atom stereocenters. The van der Waals surface area contributed by atoms with E-state index in [1.54, 1.807) is 6.33 Å². The molecule has 0 fully saturated rings. The molecule has 0 bridgehead atoms. The Labute approximate surface area is 120 Å². The minimum absolute atomic E-state index is 0.00311. The summed E-state index contributed by atoms with van der Waals surface area (Å²) < 4.78 is 7.89. The van der Waals surface area contributed by atoms with Crippen LogP contribution >= 0.6 is 0 Å². The first-order valence-corrected chi connectivity index (χ1v) is 7.20. The molecule has 0 saturated carbocycles. The highest BCUT2D eigenvalue weighted by molar-refractivity contribution is 5.41. The molecule has 2 rings (SSSR count). The van der Waals surface area contributed by atoms with Crippen molar-refractivity contribution in [2.24, 2.45) is 5.73 Å². The number of aromatic nitrogens is 2. The van der Waals surface area contributed by atoms with Gasteiger partial charge in [-0.2, -0.15) is 0 Å². The highest BCUT2D eigenvalue weighted by atomic mass is 16.5. The van der Waals surface area contributed by atoms with Crippen LogP contribution in [0.25, 0.3) is 5.69 Å². The first-order chi connectivity index (χ1) is 9.65. The topological polar surface area (TPSA) is 53.1 Å². The van der Waals surface area contributed by atoms with E-state index in [0.29, 0.717) is 0 Å². The molecule has 2 atom stereocenters. The van der Waals surface area contributed by atoms with Crippen molar-refractivity contribution >= 4 is 0 Å². The van der Waals surface area contributed by atoms with Crippen LogP contribution in [-0.2, 0) is 0 Å². The lowest BCUT2D eigenvalue weighted by molar-refractivity contribution is 0.217. The summed E-state index contributed by atoms with van der Waals surface area (Å²) in [7, 11) is 0. The molecule has 0 saturated heterocycles. The summed E-state index contributed by atoms with van der Waals surface area (Å²) in [6, 6.07) is 8.04. The molecule has 1 aromatic heterocycles. The summed E-state index contributed by atoms with van der Waals surface area (Å²) in [6.07, 6.45) is 5.71. The second-order valence-corrected chi connectivity index (χ2v) is 5.04. The zero-order chi connectivity index (χ0) is 14.5. The normalized spacial score (nSPS) is 14.0. The van der Waals surface area contributed by atoms with Crippen molar-refractivity contribution in [1.82, 2.24) is 9.55 Å². The molecule has 4 nitrogen and oxygen atoms in total. The number of hydrogen-bond acceptors (Lipinski definition) is 3. The van der Waals surface area contributed by atoms with Crippen LogP contribution in [0.2, 0.25) is 0 Å². The third-order valence-electron chi connectivity index (χ3n) is 3.49. The molecule has 1 aromatic carbocycles. The summed E-state index contributed by atoms with van der Waals surface area (Å²) in [4.78, 5) is 4.22. The van der Waals surface area contributed by atoms with E-state index in [4.69, 9.17) is 10.5 Å². The number of nitrogens with zero attached hydrogens (tertiary/aromatic N) is 2. The molecule has 108 valence electrons. The zero-order valence-electron chi connectivity index (χ0n) is 12.4.